The van der Waals surface area contributed by atoms with Gasteiger partial charge in [-0.2, -0.15) is 0 Å². The Hall–Kier alpha value is -0.410. The summed E-state index contributed by atoms with van der Waals surface area (Å²) in [6.45, 7) is 3.53. The van der Waals surface area contributed by atoms with Gasteiger partial charge in [0, 0.05) is 4.88 Å². The minimum absolute atomic E-state index is 0.555. The lowest BCUT2D eigenvalue weighted by atomic mass is 9.93. The van der Waals surface area contributed by atoms with Crippen LogP contribution in [-0.4, -0.2) is 11.5 Å². The Balaban J connectivity index is 1.80. The number of aryl methyl sites for hydroxylation is 1. The zero-order chi connectivity index (χ0) is 11.0. The highest BCUT2D eigenvalue weighted by Gasteiger charge is 2.24. The molecule has 88 valence electrons. The van der Waals surface area contributed by atoms with Gasteiger partial charge in [0.15, 0.2) is 0 Å². The molecule has 3 heteroatoms. The van der Waals surface area contributed by atoms with E-state index >= 15 is 0 Å². The van der Waals surface area contributed by atoms with Gasteiger partial charge in [-0.05, 0) is 44.6 Å². The third-order valence-electron chi connectivity index (χ3n) is 3.81. The molecule has 1 saturated heterocycles. The standard InChI is InChI=1S/C13H20N2S/c1-9-5-6-10-12(8-9)16-13(15-10)11-4-2-3-7-14-11/h9,11,14H,2-8H2,1H3. The minimum atomic E-state index is 0.555. The van der Waals surface area contributed by atoms with Crippen molar-refractivity contribution in [2.24, 2.45) is 5.92 Å². The quantitative estimate of drug-likeness (QED) is 0.810. The van der Waals surface area contributed by atoms with Crippen LogP contribution in [0.3, 0.4) is 0 Å². The Morgan fingerprint density at radius 2 is 2.25 bits per heavy atom. The van der Waals surface area contributed by atoms with E-state index in [1.165, 1.54) is 55.8 Å². The highest BCUT2D eigenvalue weighted by Crippen LogP contribution is 2.34. The van der Waals surface area contributed by atoms with E-state index in [0.717, 1.165) is 5.92 Å². The zero-order valence-corrected chi connectivity index (χ0v) is 10.8. The van der Waals surface area contributed by atoms with Crippen LogP contribution in [0, 0.1) is 5.92 Å². The summed E-state index contributed by atoms with van der Waals surface area (Å²) in [6.07, 6.45) is 7.77. The van der Waals surface area contributed by atoms with E-state index in [9.17, 15) is 0 Å². The van der Waals surface area contributed by atoms with Crippen LogP contribution in [0.5, 0.6) is 0 Å². The van der Waals surface area contributed by atoms with Crippen molar-refractivity contribution < 1.29 is 0 Å². The second-order valence-corrected chi connectivity index (χ2v) is 6.39. The molecule has 2 unspecified atom stereocenters. The van der Waals surface area contributed by atoms with Gasteiger partial charge in [0.05, 0.1) is 11.7 Å². The minimum Gasteiger partial charge on any atom is -0.308 e. The number of nitrogens with one attached hydrogen (secondary N) is 1. The van der Waals surface area contributed by atoms with Crippen molar-refractivity contribution in [3.05, 3.63) is 15.6 Å². The molecule has 1 fully saturated rings. The van der Waals surface area contributed by atoms with Crippen LogP contribution in [0.4, 0.5) is 0 Å². The topological polar surface area (TPSA) is 24.9 Å². The van der Waals surface area contributed by atoms with Crippen molar-refractivity contribution in [2.45, 2.75) is 51.5 Å². The zero-order valence-electron chi connectivity index (χ0n) is 9.96. The maximum Gasteiger partial charge on any atom is 0.110 e. The van der Waals surface area contributed by atoms with E-state index in [2.05, 4.69) is 12.2 Å². The molecule has 0 radical (unpaired) electrons. The summed E-state index contributed by atoms with van der Waals surface area (Å²) in [5.74, 6) is 0.861. The lowest BCUT2D eigenvalue weighted by Crippen LogP contribution is -2.26. The second-order valence-electron chi connectivity index (χ2n) is 5.27. The number of hydrogen-bond acceptors (Lipinski definition) is 3. The molecule has 16 heavy (non-hydrogen) atoms. The number of thiazole rings is 1. The van der Waals surface area contributed by atoms with Crippen molar-refractivity contribution in [1.82, 2.24) is 10.3 Å². The fourth-order valence-corrected chi connectivity index (χ4v) is 4.16. The normalized spacial score (nSPS) is 30.1. The molecule has 2 atom stereocenters. The first-order valence-corrected chi connectivity index (χ1v) is 7.36. The maximum atomic E-state index is 4.86. The van der Waals surface area contributed by atoms with Gasteiger partial charge in [0.25, 0.3) is 0 Å². The number of fused-ring (bicyclic) bond motifs is 1. The third kappa shape index (κ3) is 2.03. The van der Waals surface area contributed by atoms with Crippen LogP contribution in [0.15, 0.2) is 0 Å². The number of piperidine rings is 1. The van der Waals surface area contributed by atoms with Gasteiger partial charge >= 0.3 is 0 Å². The van der Waals surface area contributed by atoms with E-state index in [4.69, 9.17) is 4.98 Å². The monoisotopic (exact) mass is 236 g/mol. The molecule has 2 nitrogen and oxygen atoms in total. The molecule has 1 N–H and O–H groups in total. The van der Waals surface area contributed by atoms with Gasteiger partial charge in [-0.3, -0.25) is 0 Å². The van der Waals surface area contributed by atoms with Crippen molar-refractivity contribution in [3.8, 4) is 0 Å². The lowest BCUT2D eigenvalue weighted by Gasteiger charge is -2.21. The fraction of sp³-hybridized carbons (Fsp3) is 0.769. The van der Waals surface area contributed by atoms with Crippen LogP contribution in [0.25, 0.3) is 0 Å². The first-order valence-electron chi connectivity index (χ1n) is 6.55. The van der Waals surface area contributed by atoms with Gasteiger partial charge in [-0.1, -0.05) is 13.3 Å². The Kier molecular flexibility index (Phi) is 2.99. The molecule has 0 bridgehead atoms. The van der Waals surface area contributed by atoms with Crippen LogP contribution >= 0.6 is 11.3 Å². The smallest absolute Gasteiger partial charge is 0.110 e. The van der Waals surface area contributed by atoms with Gasteiger partial charge in [0.2, 0.25) is 0 Å². The van der Waals surface area contributed by atoms with Crippen molar-refractivity contribution in [1.29, 1.82) is 0 Å². The van der Waals surface area contributed by atoms with Gasteiger partial charge in [-0.15, -0.1) is 11.3 Å². The fourth-order valence-electron chi connectivity index (χ4n) is 2.77. The summed E-state index contributed by atoms with van der Waals surface area (Å²) in [4.78, 5) is 6.44. The Morgan fingerprint density at radius 1 is 1.31 bits per heavy atom. The summed E-state index contributed by atoms with van der Waals surface area (Å²) >= 11 is 1.97. The number of aromatic nitrogens is 1. The molecule has 1 aliphatic heterocycles. The molecule has 0 saturated carbocycles. The van der Waals surface area contributed by atoms with Gasteiger partial charge in [0.1, 0.15) is 5.01 Å². The maximum absolute atomic E-state index is 4.86. The summed E-state index contributed by atoms with van der Waals surface area (Å²) < 4.78 is 0. The van der Waals surface area contributed by atoms with Crippen molar-refractivity contribution in [2.75, 3.05) is 6.54 Å². The van der Waals surface area contributed by atoms with Crippen molar-refractivity contribution in [3.63, 3.8) is 0 Å². The number of hydrogen-bond donors (Lipinski definition) is 1. The Morgan fingerprint density at radius 3 is 3.06 bits per heavy atom. The first kappa shape index (κ1) is 10.7. The van der Waals surface area contributed by atoms with E-state index in [-0.39, 0.29) is 0 Å². The van der Waals surface area contributed by atoms with Gasteiger partial charge in [-0.25, -0.2) is 4.98 Å². The first-order chi connectivity index (χ1) is 7.83. The average molecular weight is 236 g/mol. The third-order valence-corrected chi connectivity index (χ3v) is 5.04. The molecule has 3 rings (SSSR count). The SMILES string of the molecule is CC1CCc2nc(C3CCCCN3)sc2C1. The lowest BCUT2D eigenvalue weighted by molar-refractivity contribution is 0.410. The highest BCUT2D eigenvalue weighted by molar-refractivity contribution is 7.11. The van der Waals surface area contributed by atoms with Crippen LogP contribution < -0.4 is 5.32 Å². The predicted octanol–water partition coefficient (Wildman–Crippen LogP) is 3.08. The number of nitrogens with zero attached hydrogens (tertiary/aromatic N) is 1. The molecule has 0 amide bonds. The van der Waals surface area contributed by atoms with E-state index in [1.807, 2.05) is 11.3 Å². The summed E-state index contributed by atoms with van der Waals surface area (Å²) in [5.41, 5.74) is 1.41. The molecule has 0 aromatic carbocycles. The molecule has 1 aliphatic carbocycles. The molecule has 2 heterocycles. The molecule has 2 aliphatic rings. The van der Waals surface area contributed by atoms with E-state index < -0.39 is 0 Å². The van der Waals surface area contributed by atoms with Crippen LogP contribution in [-0.2, 0) is 12.8 Å². The summed E-state index contributed by atoms with van der Waals surface area (Å²) in [7, 11) is 0. The largest absolute Gasteiger partial charge is 0.308 e. The number of rotatable bonds is 1. The predicted molar refractivity (Wildman–Crippen MR) is 67.9 cm³/mol. The van der Waals surface area contributed by atoms with Crippen LogP contribution in [0.2, 0.25) is 0 Å². The van der Waals surface area contributed by atoms with E-state index in [1.54, 1.807) is 4.88 Å². The van der Waals surface area contributed by atoms with Gasteiger partial charge < -0.3 is 5.32 Å². The Bertz CT molecular complexity index is 366. The molecular weight excluding hydrogens is 216 g/mol. The van der Waals surface area contributed by atoms with Crippen molar-refractivity contribution >= 4 is 11.3 Å². The molecule has 0 spiro atoms. The Labute approximate surface area is 101 Å². The molecular formula is C13H20N2S. The molecule has 1 aromatic heterocycles. The van der Waals surface area contributed by atoms with E-state index in [0.29, 0.717) is 6.04 Å². The highest BCUT2D eigenvalue weighted by atomic mass is 32.1. The summed E-state index contributed by atoms with van der Waals surface area (Å²) in [5, 5.41) is 4.96. The summed E-state index contributed by atoms with van der Waals surface area (Å²) in [6, 6.07) is 0.555. The average Bonchev–Trinajstić information content (AvgIpc) is 2.73. The van der Waals surface area contributed by atoms with Crippen LogP contribution in [0.1, 0.15) is 54.2 Å². The second kappa shape index (κ2) is 4.46. The molecule has 1 aromatic rings.